The third kappa shape index (κ3) is 4.62. The van der Waals surface area contributed by atoms with Crippen molar-refractivity contribution in [1.82, 2.24) is 4.90 Å². The van der Waals surface area contributed by atoms with Crippen molar-refractivity contribution < 1.29 is 9.84 Å². The highest BCUT2D eigenvalue weighted by Crippen LogP contribution is 2.38. The Morgan fingerprint density at radius 1 is 1.16 bits per heavy atom. The van der Waals surface area contributed by atoms with Crippen LogP contribution < -0.4 is 0 Å². The molecule has 3 nitrogen and oxygen atoms in total. The molecule has 1 aliphatic carbocycles. The molecule has 0 amide bonds. The van der Waals surface area contributed by atoms with Crippen LogP contribution in [0.25, 0.3) is 0 Å². The number of ether oxygens (including phenoxy) is 1. The van der Waals surface area contributed by atoms with Gasteiger partial charge in [0.1, 0.15) is 0 Å². The van der Waals surface area contributed by atoms with Crippen molar-refractivity contribution in [3.05, 3.63) is 0 Å². The fraction of sp³-hybridized carbons (Fsp3) is 1.00. The van der Waals surface area contributed by atoms with E-state index in [1.54, 1.807) is 0 Å². The summed E-state index contributed by atoms with van der Waals surface area (Å²) in [4.78, 5) is 2.61. The Morgan fingerprint density at radius 2 is 1.84 bits per heavy atom. The van der Waals surface area contributed by atoms with Gasteiger partial charge in [0.05, 0.1) is 19.3 Å². The van der Waals surface area contributed by atoms with Crippen molar-refractivity contribution in [3.63, 3.8) is 0 Å². The number of nitrogens with zero attached hydrogens (tertiary/aromatic N) is 1. The fourth-order valence-electron chi connectivity index (χ4n) is 3.60. The second-order valence-electron chi connectivity index (χ2n) is 6.29. The Labute approximate surface area is 123 Å². The minimum absolute atomic E-state index is 0.142. The van der Waals surface area contributed by atoms with Gasteiger partial charge in [0, 0.05) is 19.6 Å². The molecular formula is C15H29NO2S. The summed E-state index contributed by atoms with van der Waals surface area (Å²) in [5, 5.41) is 8.79. The minimum atomic E-state index is 0.142. The molecule has 2 fully saturated rings. The molecule has 0 aromatic carbocycles. The van der Waals surface area contributed by atoms with Crippen LogP contribution in [0.2, 0.25) is 0 Å². The van der Waals surface area contributed by atoms with Gasteiger partial charge in [-0.25, -0.2) is 0 Å². The van der Waals surface area contributed by atoms with E-state index in [1.165, 1.54) is 38.6 Å². The van der Waals surface area contributed by atoms with E-state index in [0.29, 0.717) is 18.1 Å². The molecule has 1 N–H and O–H groups in total. The third-order valence-electron chi connectivity index (χ3n) is 4.79. The van der Waals surface area contributed by atoms with Crippen molar-refractivity contribution in [1.29, 1.82) is 0 Å². The molecule has 112 valence electrons. The third-order valence-corrected chi connectivity index (χ3v) is 5.46. The second kappa shape index (κ2) is 7.87. The van der Waals surface area contributed by atoms with Gasteiger partial charge in [-0.05, 0) is 36.9 Å². The van der Waals surface area contributed by atoms with E-state index in [9.17, 15) is 0 Å². The van der Waals surface area contributed by atoms with Crippen molar-refractivity contribution in [3.8, 4) is 0 Å². The molecule has 0 atom stereocenters. The molecule has 1 saturated carbocycles. The summed E-state index contributed by atoms with van der Waals surface area (Å²) >= 11 is 4.63. The first kappa shape index (κ1) is 15.6. The number of likely N-dealkylation sites (tertiary alicyclic amines) is 1. The lowest BCUT2D eigenvalue weighted by atomic mass is 9.75. The molecule has 2 rings (SSSR count). The van der Waals surface area contributed by atoms with Crippen molar-refractivity contribution >= 4 is 12.6 Å². The van der Waals surface area contributed by atoms with Gasteiger partial charge in [0.15, 0.2) is 0 Å². The summed E-state index contributed by atoms with van der Waals surface area (Å²) in [6.07, 6.45) is 9.49. The van der Waals surface area contributed by atoms with E-state index < -0.39 is 0 Å². The summed E-state index contributed by atoms with van der Waals surface area (Å²) in [5.74, 6) is 1.04. The van der Waals surface area contributed by atoms with Crippen molar-refractivity contribution in [2.24, 2.45) is 5.41 Å². The fourth-order valence-corrected chi connectivity index (χ4v) is 4.01. The van der Waals surface area contributed by atoms with Gasteiger partial charge >= 0.3 is 0 Å². The molecule has 0 aromatic rings. The number of hydrogen-bond acceptors (Lipinski definition) is 4. The minimum Gasteiger partial charge on any atom is -0.394 e. The zero-order valence-corrected chi connectivity index (χ0v) is 12.9. The number of rotatable bonds is 6. The van der Waals surface area contributed by atoms with E-state index in [4.69, 9.17) is 9.84 Å². The first-order chi connectivity index (χ1) is 9.28. The Hall–Kier alpha value is 0.230. The first-order valence-electron chi connectivity index (χ1n) is 7.84. The zero-order chi connectivity index (χ0) is 13.6. The molecule has 0 radical (unpaired) electrons. The van der Waals surface area contributed by atoms with Crippen LogP contribution in [0.3, 0.4) is 0 Å². The van der Waals surface area contributed by atoms with E-state index >= 15 is 0 Å². The standard InChI is InChI=1S/C15H29NO2S/c17-10-11-18-14-4-8-16(9-5-14)12-15(13-19)6-2-1-3-7-15/h14,17,19H,1-13H2. The van der Waals surface area contributed by atoms with Gasteiger partial charge in [-0.15, -0.1) is 0 Å². The van der Waals surface area contributed by atoms with Crippen molar-refractivity contribution in [2.45, 2.75) is 51.0 Å². The normalized spacial score (nSPS) is 25.6. The lowest BCUT2D eigenvalue weighted by molar-refractivity contribution is -0.0158. The van der Waals surface area contributed by atoms with Gasteiger partial charge < -0.3 is 14.7 Å². The Kier molecular flexibility index (Phi) is 6.46. The Bertz CT molecular complexity index is 249. The van der Waals surface area contributed by atoms with Gasteiger partial charge in [-0.1, -0.05) is 19.3 Å². The smallest absolute Gasteiger partial charge is 0.0701 e. The van der Waals surface area contributed by atoms with Crippen LogP contribution in [0.1, 0.15) is 44.9 Å². The zero-order valence-electron chi connectivity index (χ0n) is 12.0. The van der Waals surface area contributed by atoms with Crippen LogP contribution in [0.15, 0.2) is 0 Å². The van der Waals surface area contributed by atoms with Crippen LogP contribution >= 0.6 is 12.6 Å². The molecule has 1 aliphatic heterocycles. The lowest BCUT2D eigenvalue weighted by Crippen LogP contribution is -2.45. The average molecular weight is 287 g/mol. The van der Waals surface area contributed by atoms with Gasteiger partial charge in [-0.3, -0.25) is 0 Å². The molecule has 0 bridgehead atoms. The summed E-state index contributed by atoms with van der Waals surface area (Å²) < 4.78 is 5.63. The highest BCUT2D eigenvalue weighted by atomic mass is 32.1. The Balaban J connectivity index is 1.74. The molecule has 0 spiro atoms. The summed E-state index contributed by atoms with van der Waals surface area (Å²) in [6, 6.07) is 0. The predicted molar refractivity (Wildman–Crippen MR) is 81.9 cm³/mol. The number of aliphatic hydroxyl groups excluding tert-OH is 1. The Morgan fingerprint density at radius 3 is 2.42 bits per heavy atom. The quantitative estimate of drug-likeness (QED) is 0.736. The number of hydrogen-bond donors (Lipinski definition) is 2. The molecule has 1 saturated heterocycles. The summed E-state index contributed by atoms with van der Waals surface area (Å²) in [7, 11) is 0. The van der Waals surface area contributed by atoms with Crippen LogP contribution in [-0.4, -0.2) is 54.7 Å². The number of thiol groups is 1. The molecule has 0 aromatic heterocycles. The second-order valence-corrected chi connectivity index (χ2v) is 6.60. The summed E-state index contributed by atoms with van der Waals surface area (Å²) in [5.41, 5.74) is 0.472. The van der Waals surface area contributed by atoms with E-state index in [1.807, 2.05) is 0 Å². The number of aliphatic hydroxyl groups is 1. The maximum atomic E-state index is 8.79. The van der Waals surface area contributed by atoms with Crippen molar-refractivity contribution in [2.75, 3.05) is 38.6 Å². The van der Waals surface area contributed by atoms with E-state index in [0.717, 1.165) is 31.7 Å². The average Bonchev–Trinajstić information content (AvgIpc) is 2.47. The molecule has 2 aliphatic rings. The highest BCUT2D eigenvalue weighted by Gasteiger charge is 2.33. The molecule has 19 heavy (non-hydrogen) atoms. The monoisotopic (exact) mass is 287 g/mol. The summed E-state index contributed by atoms with van der Waals surface area (Å²) in [6.45, 7) is 4.15. The maximum Gasteiger partial charge on any atom is 0.0701 e. The molecule has 4 heteroatoms. The predicted octanol–water partition coefficient (Wildman–Crippen LogP) is 2.34. The van der Waals surface area contributed by atoms with E-state index in [-0.39, 0.29) is 6.61 Å². The van der Waals surface area contributed by atoms with Crippen LogP contribution in [0.4, 0.5) is 0 Å². The van der Waals surface area contributed by atoms with Crippen LogP contribution in [0.5, 0.6) is 0 Å². The van der Waals surface area contributed by atoms with E-state index in [2.05, 4.69) is 17.5 Å². The highest BCUT2D eigenvalue weighted by molar-refractivity contribution is 7.80. The van der Waals surface area contributed by atoms with Gasteiger partial charge in [-0.2, -0.15) is 12.6 Å². The van der Waals surface area contributed by atoms with Gasteiger partial charge in [0.25, 0.3) is 0 Å². The van der Waals surface area contributed by atoms with Crippen LogP contribution in [-0.2, 0) is 4.74 Å². The first-order valence-corrected chi connectivity index (χ1v) is 8.47. The molecule has 0 unspecified atom stereocenters. The SMILES string of the molecule is OCCOC1CCN(CC2(CS)CCCCC2)CC1. The maximum absolute atomic E-state index is 8.79. The van der Waals surface area contributed by atoms with Crippen LogP contribution in [0, 0.1) is 5.41 Å². The largest absolute Gasteiger partial charge is 0.394 e. The lowest BCUT2D eigenvalue weighted by Gasteiger charge is -2.42. The van der Waals surface area contributed by atoms with Gasteiger partial charge in [0.2, 0.25) is 0 Å². The number of piperidine rings is 1. The molecular weight excluding hydrogens is 258 g/mol. The molecule has 1 heterocycles. The topological polar surface area (TPSA) is 32.7 Å².